The average Bonchev–Trinajstić information content (AvgIpc) is 3.18. The Morgan fingerprint density at radius 3 is 2.22 bits per heavy atom. The fraction of sp³-hybridized carbons (Fsp3) is 0.455. The van der Waals surface area contributed by atoms with Crippen molar-refractivity contribution < 1.29 is 19.2 Å². The molecule has 4 amide bonds. The quantitative estimate of drug-likeness (QED) is 0.318. The first kappa shape index (κ1) is 34.1. The summed E-state index contributed by atoms with van der Waals surface area (Å²) in [6.07, 6.45) is 0.988. The number of nitriles is 2. The average molecular weight is 628 g/mol. The number of benzene rings is 2. The summed E-state index contributed by atoms with van der Waals surface area (Å²) in [6, 6.07) is 18.6. The Morgan fingerprint density at radius 1 is 0.891 bits per heavy atom. The van der Waals surface area contributed by atoms with E-state index in [1.165, 1.54) is 4.90 Å². The van der Waals surface area contributed by atoms with Gasteiger partial charge in [-0.2, -0.15) is 10.5 Å². The van der Waals surface area contributed by atoms with Crippen LogP contribution < -0.4 is 15.5 Å². The molecule has 2 aromatic carbocycles. The molecule has 13 nitrogen and oxygen atoms in total. The van der Waals surface area contributed by atoms with Crippen molar-refractivity contribution in [1.82, 2.24) is 24.9 Å². The van der Waals surface area contributed by atoms with Gasteiger partial charge in [0.05, 0.1) is 47.9 Å². The van der Waals surface area contributed by atoms with Crippen LogP contribution in [0, 0.1) is 22.7 Å². The first-order valence-corrected chi connectivity index (χ1v) is 15.5. The SMILES string of the molecule is CN(CC(=O)NCCN(CCC#N)CCC#N)C(=O)CCN1CCN(CC(=O)N2c3ccccc3NC(=O)c3ccccc32)CC1. The number of anilines is 3. The third-order valence-electron chi connectivity index (χ3n) is 8.13. The van der Waals surface area contributed by atoms with E-state index in [-0.39, 0.29) is 43.1 Å². The molecule has 0 aliphatic carbocycles. The van der Waals surface area contributed by atoms with Gasteiger partial charge in [0.25, 0.3) is 5.91 Å². The number of carbonyl (C=O) groups excluding carboxylic acids is 4. The summed E-state index contributed by atoms with van der Waals surface area (Å²) in [5.41, 5.74) is 2.21. The number of likely N-dealkylation sites (N-methyl/N-ethyl adjacent to an activating group) is 1. The molecule has 0 saturated carbocycles. The van der Waals surface area contributed by atoms with Gasteiger partial charge >= 0.3 is 0 Å². The van der Waals surface area contributed by atoms with E-state index < -0.39 is 0 Å². The van der Waals surface area contributed by atoms with Crippen LogP contribution >= 0.6 is 0 Å². The van der Waals surface area contributed by atoms with Crippen LogP contribution in [-0.2, 0) is 14.4 Å². The van der Waals surface area contributed by atoms with Crippen molar-refractivity contribution in [1.29, 1.82) is 10.5 Å². The molecule has 0 atom stereocenters. The van der Waals surface area contributed by atoms with E-state index in [1.807, 2.05) is 29.2 Å². The Labute approximate surface area is 269 Å². The molecule has 0 unspecified atom stereocenters. The molecule has 2 heterocycles. The van der Waals surface area contributed by atoms with Gasteiger partial charge in [0.15, 0.2) is 0 Å². The van der Waals surface area contributed by atoms with E-state index in [2.05, 4.69) is 32.6 Å². The molecular formula is C33H41N9O4. The zero-order valence-electron chi connectivity index (χ0n) is 26.3. The van der Waals surface area contributed by atoms with Crippen LogP contribution in [0.1, 0.15) is 29.6 Å². The number of nitrogens with zero attached hydrogens (tertiary/aromatic N) is 7. The third-order valence-corrected chi connectivity index (χ3v) is 8.13. The second-order valence-electron chi connectivity index (χ2n) is 11.3. The van der Waals surface area contributed by atoms with Gasteiger partial charge in [-0.15, -0.1) is 0 Å². The number of carbonyl (C=O) groups is 4. The second kappa shape index (κ2) is 17.0. The van der Waals surface area contributed by atoms with E-state index in [9.17, 15) is 19.2 Å². The largest absolute Gasteiger partial charge is 0.353 e. The first-order chi connectivity index (χ1) is 22.3. The Balaban J connectivity index is 1.20. The minimum Gasteiger partial charge on any atom is -0.353 e. The molecule has 0 bridgehead atoms. The number of amides is 4. The topological polar surface area (TPSA) is 156 Å². The lowest BCUT2D eigenvalue weighted by Gasteiger charge is -2.35. The van der Waals surface area contributed by atoms with E-state index in [0.717, 1.165) is 0 Å². The van der Waals surface area contributed by atoms with Crippen molar-refractivity contribution in [3.8, 4) is 12.1 Å². The molecule has 242 valence electrons. The molecule has 2 aliphatic heterocycles. The summed E-state index contributed by atoms with van der Waals surface area (Å²) >= 11 is 0. The Morgan fingerprint density at radius 2 is 1.52 bits per heavy atom. The van der Waals surface area contributed by atoms with E-state index in [1.54, 1.807) is 36.2 Å². The number of nitrogens with one attached hydrogen (secondary N) is 2. The number of hydrogen-bond donors (Lipinski definition) is 2. The number of hydrogen-bond acceptors (Lipinski definition) is 9. The van der Waals surface area contributed by atoms with Crippen LogP contribution in [0.5, 0.6) is 0 Å². The highest BCUT2D eigenvalue weighted by Gasteiger charge is 2.30. The van der Waals surface area contributed by atoms with Gasteiger partial charge in [0, 0.05) is 85.2 Å². The number of piperazine rings is 1. The van der Waals surface area contributed by atoms with E-state index >= 15 is 0 Å². The fourth-order valence-corrected chi connectivity index (χ4v) is 5.57. The Bertz CT molecular complexity index is 1460. The van der Waals surface area contributed by atoms with Crippen molar-refractivity contribution in [2.45, 2.75) is 19.3 Å². The second-order valence-corrected chi connectivity index (χ2v) is 11.3. The maximum Gasteiger partial charge on any atom is 0.257 e. The molecule has 2 aliphatic rings. The predicted molar refractivity (Wildman–Crippen MR) is 173 cm³/mol. The monoisotopic (exact) mass is 627 g/mol. The van der Waals surface area contributed by atoms with Gasteiger partial charge in [0.1, 0.15) is 0 Å². The minimum atomic E-state index is -0.260. The number of rotatable bonds is 14. The molecule has 0 aromatic heterocycles. The number of fused-ring (bicyclic) bond motifs is 2. The molecule has 2 N–H and O–H groups in total. The van der Waals surface area contributed by atoms with E-state index in [4.69, 9.17) is 10.5 Å². The molecule has 0 radical (unpaired) electrons. The molecule has 4 rings (SSSR count). The van der Waals surface area contributed by atoms with Crippen molar-refractivity contribution in [2.75, 3.05) is 89.3 Å². The van der Waals surface area contributed by atoms with Crippen LogP contribution in [-0.4, -0.2) is 122 Å². The summed E-state index contributed by atoms with van der Waals surface area (Å²) in [5, 5.41) is 23.3. The van der Waals surface area contributed by atoms with Crippen LogP contribution in [0.15, 0.2) is 48.5 Å². The highest BCUT2D eigenvalue weighted by atomic mass is 16.2. The first-order valence-electron chi connectivity index (χ1n) is 15.5. The molecular weight excluding hydrogens is 586 g/mol. The molecule has 0 spiro atoms. The van der Waals surface area contributed by atoms with Crippen LogP contribution in [0.2, 0.25) is 0 Å². The normalized spacial score (nSPS) is 14.7. The summed E-state index contributed by atoms with van der Waals surface area (Å²) in [7, 11) is 1.61. The van der Waals surface area contributed by atoms with Crippen molar-refractivity contribution in [3.63, 3.8) is 0 Å². The van der Waals surface area contributed by atoms with Crippen LogP contribution in [0.25, 0.3) is 0 Å². The summed E-state index contributed by atoms with van der Waals surface area (Å²) in [6.45, 7) is 5.40. The van der Waals surface area contributed by atoms with Crippen molar-refractivity contribution >= 4 is 40.7 Å². The lowest BCUT2D eigenvalue weighted by Crippen LogP contribution is -2.50. The predicted octanol–water partition coefficient (Wildman–Crippen LogP) is 1.63. The number of para-hydroxylation sites is 3. The minimum absolute atomic E-state index is 0.0466. The maximum absolute atomic E-state index is 13.7. The van der Waals surface area contributed by atoms with Gasteiger partial charge in [0.2, 0.25) is 17.7 Å². The fourth-order valence-electron chi connectivity index (χ4n) is 5.57. The summed E-state index contributed by atoms with van der Waals surface area (Å²) in [4.78, 5) is 61.0. The summed E-state index contributed by atoms with van der Waals surface area (Å²) < 4.78 is 0. The summed E-state index contributed by atoms with van der Waals surface area (Å²) in [5.74, 6) is -0.767. The molecule has 1 fully saturated rings. The van der Waals surface area contributed by atoms with Crippen molar-refractivity contribution in [2.24, 2.45) is 0 Å². The van der Waals surface area contributed by atoms with Gasteiger partial charge in [-0.05, 0) is 24.3 Å². The highest BCUT2D eigenvalue weighted by Crippen LogP contribution is 2.37. The third kappa shape index (κ3) is 9.34. The molecule has 1 saturated heterocycles. The standard InChI is InChI=1S/C33H41N9O4/c1-38(24-30(43)36-15-19-39(16-6-13-34)17-7-14-35)31(44)12-18-40-20-22-41(23-21-40)25-32(45)42-28-10-4-2-8-26(28)33(46)37-27-9-3-5-11-29(27)42/h2-5,8-11H,6-7,12,15-25H2,1H3,(H,36,43)(H,37,46). The molecule has 2 aromatic rings. The van der Waals surface area contributed by atoms with Crippen LogP contribution in [0.3, 0.4) is 0 Å². The van der Waals surface area contributed by atoms with Gasteiger partial charge in [-0.1, -0.05) is 24.3 Å². The van der Waals surface area contributed by atoms with E-state index in [0.29, 0.717) is 94.4 Å². The smallest absolute Gasteiger partial charge is 0.257 e. The van der Waals surface area contributed by atoms with Crippen LogP contribution in [0.4, 0.5) is 17.1 Å². The van der Waals surface area contributed by atoms with Gasteiger partial charge in [-0.3, -0.25) is 33.9 Å². The zero-order valence-corrected chi connectivity index (χ0v) is 26.3. The Hall–Kier alpha value is -4.82. The molecule has 13 heteroatoms. The lowest BCUT2D eigenvalue weighted by molar-refractivity contribution is -0.135. The molecule has 46 heavy (non-hydrogen) atoms. The zero-order chi connectivity index (χ0) is 32.9. The van der Waals surface area contributed by atoms with Gasteiger partial charge in [-0.25, -0.2) is 0 Å². The highest BCUT2D eigenvalue weighted by molar-refractivity contribution is 6.17. The van der Waals surface area contributed by atoms with Crippen molar-refractivity contribution in [3.05, 3.63) is 54.1 Å². The maximum atomic E-state index is 13.7. The van der Waals surface area contributed by atoms with Gasteiger partial charge < -0.3 is 20.4 Å². The lowest BCUT2D eigenvalue weighted by atomic mass is 10.1. The Kier molecular flexibility index (Phi) is 12.6.